The zero-order chi connectivity index (χ0) is 20.3. The van der Waals surface area contributed by atoms with Gasteiger partial charge in [-0.05, 0) is 41.8 Å². The summed E-state index contributed by atoms with van der Waals surface area (Å²) in [7, 11) is -1.00. The van der Waals surface area contributed by atoms with Crippen molar-refractivity contribution in [1.29, 1.82) is 0 Å². The molecule has 0 radical (unpaired) electrons. The summed E-state index contributed by atoms with van der Waals surface area (Å²) in [5.74, 6) is -0.162. The van der Waals surface area contributed by atoms with Crippen molar-refractivity contribution in [3.05, 3.63) is 80.2 Å². The molecule has 7 heteroatoms. The van der Waals surface area contributed by atoms with Crippen LogP contribution in [0.1, 0.15) is 34.0 Å². The standard InChI is InChI=1S/C21H19ClO5S/c1-3-14-8-19-17(10-18(14)22)16(9-20(23)27-19)11-26-21(24)15-6-4-5-13(7-15)12-28(2)25/h4-10H,3,11-12H2,1-2H3. The molecule has 0 amide bonds. The first kappa shape index (κ1) is 20.3. The molecule has 0 aliphatic heterocycles. The van der Waals surface area contributed by atoms with Crippen LogP contribution in [0, 0.1) is 0 Å². The summed E-state index contributed by atoms with van der Waals surface area (Å²) >= 11 is 6.28. The van der Waals surface area contributed by atoms with Gasteiger partial charge in [-0.25, -0.2) is 9.59 Å². The van der Waals surface area contributed by atoms with Gasteiger partial charge in [0, 0.05) is 44.8 Å². The van der Waals surface area contributed by atoms with Crippen molar-refractivity contribution in [3.63, 3.8) is 0 Å². The van der Waals surface area contributed by atoms with Crippen molar-refractivity contribution in [2.24, 2.45) is 0 Å². The van der Waals surface area contributed by atoms with Gasteiger partial charge in [0.05, 0.1) is 5.56 Å². The summed E-state index contributed by atoms with van der Waals surface area (Å²) in [4.78, 5) is 24.3. The van der Waals surface area contributed by atoms with Crippen LogP contribution in [-0.2, 0) is 34.3 Å². The van der Waals surface area contributed by atoms with E-state index in [0.717, 1.165) is 11.1 Å². The molecular weight excluding hydrogens is 400 g/mol. The predicted octanol–water partition coefficient (Wildman–Crippen LogP) is 4.24. The number of carbonyl (C=O) groups excluding carboxylic acids is 1. The zero-order valence-electron chi connectivity index (χ0n) is 15.5. The van der Waals surface area contributed by atoms with Gasteiger partial charge in [0.15, 0.2) is 0 Å². The van der Waals surface area contributed by atoms with Gasteiger partial charge < -0.3 is 9.15 Å². The lowest BCUT2D eigenvalue weighted by Crippen LogP contribution is -2.08. The van der Waals surface area contributed by atoms with Crippen molar-refractivity contribution in [3.8, 4) is 0 Å². The lowest BCUT2D eigenvalue weighted by atomic mass is 10.1. The molecule has 3 rings (SSSR count). The third kappa shape index (κ3) is 4.69. The molecular formula is C21H19ClO5S. The highest BCUT2D eigenvalue weighted by Crippen LogP contribution is 2.26. The minimum absolute atomic E-state index is 0.0906. The van der Waals surface area contributed by atoms with Crippen molar-refractivity contribution in [2.75, 3.05) is 6.26 Å². The number of carbonyl (C=O) groups is 1. The van der Waals surface area contributed by atoms with Crippen LogP contribution in [0.2, 0.25) is 5.02 Å². The van der Waals surface area contributed by atoms with Crippen LogP contribution in [0.15, 0.2) is 51.7 Å². The van der Waals surface area contributed by atoms with Gasteiger partial charge in [-0.15, -0.1) is 0 Å². The molecule has 0 saturated heterocycles. The molecule has 1 aromatic heterocycles. The summed E-state index contributed by atoms with van der Waals surface area (Å²) < 4.78 is 22.0. The van der Waals surface area contributed by atoms with E-state index in [-0.39, 0.29) is 6.61 Å². The fourth-order valence-corrected chi connectivity index (χ4v) is 3.87. The summed E-state index contributed by atoms with van der Waals surface area (Å²) in [5.41, 5.74) is 2.44. The number of aryl methyl sites for hydroxylation is 1. The molecule has 1 unspecified atom stereocenters. The molecule has 1 heterocycles. The van der Waals surface area contributed by atoms with Gasteiger partial charge >= 0.3 is 11.6 Å². The lowest BCUT2D eigenvalue weighted by Gasteiger charge is -2.10. The monoisotopic (exact) mass is 418 g/mol. The highest BCUT2D eigenvalue weighted by molar-refractivity contribution is 7.83. The Morgan fingerprint density at radius 2 is 1.96 bits per heavy atom. The predicted molar refractivity (Wildman–Crippen MR) is 110 cm³/mol. The molecule has 28 heavy (non-hydrogen) atoms. The van der Waals surface area contributed by atoms with Gasteiger partial charge in [-0.3, -0.25) is 4.21 Å². The van der Waals surface area contributed by atoms with E-state index >= 15 is 0 Å². The van der Waals surface area contributed by atoms with Crippen LogP contribution in [0.25, 0.3) is 11.0 Å². The first-order chi connectivity index (χ1) is 13.4. The van der Waals surface area contributed by atoms with Gasteiger partial charge in [-0.2, -0.15) is 0 Å². The number of esters is 1. The van der Waals surface area contributed by atoms with Gasteiger partial charge in [0.25, 0.3) is 0 Å². The third-order valence-electron chi connectivity index (χ3n) is 4.27. The SMILES string of the molecule is CCc1cc2oc(=O)cc(COC(=O)c3cccc(CS(C)=O)c3)c2cc1Cl. The largest absolute Gasteiger partial charge is 0.457 e. The molecule has 146 valence electrons. The van der Waals surface area contributed by atoms with Gasteiger partial charge in [0.2, 0.25) is 0 Å². The van der Waals surface area contributed by atoms with E-state index in [0.29, 0.717) is 39.3 Å². The smallest absolute Gasteiger partial charge is 0.338 e. The van der Waals surface area contributed by atoms with E-state index in [1.165, 1.54) is 6.07 Å². The second-order valence-electron chi connectivity index (χ2n) is 6.38. The Balaban J connectivity index is 1.85. The Morgan fingerprint density at radius 3 is 2.68 bits per heavy atom. The van der Waals surface area contributed by atoms with E-state index in [4.69, 9.17) is 20.8 Å². The number of rotatable bonds is 6. The van der Waals surface area contributed by atoms with Crippen LogP contribution in [0.4, 0.5) is 0 Å². The molecule has 5 nitrogen and oxygen atoms in total. The maximum Gasteiger partial charge on any atom is 0.338 e. The summed E-state index contributed by atoms with van der Waals surface area (Å²) in [6.45, 7) is 1.87. The van der Waals surface area contributed by atoms with E-state index in [9.17, 15) is 13.8 Å². The average Bonchev–Trinajstić information content (AvgIpc) is 2.65. The number of hydrogen-bond donors (Lipinski definition) is 0. The number of halogens is 1. The van der Waals surface area contributed by atoms with Crippen LogP contribution in [-0.4, -0.2) is 16.4 Å². The molecule has 0 saturated carbocycles. The Labute approximate surface area is 169 Å². The van der Waals surface area contributed by atoms with Crippen molar-refractivity contribution in [2.45, 2.75) is 25.7 Å². The average molecular weight is 419 g/mol. The van der Waals surface area contributed by atoms with Crippen molar-refractivity contribution < 1.29 is 18.2 Å². The van der Waals surface area contributed by atoms with E-state index in [1.807, 2.05) is 6.92 Å². The highest BCUT2D eigenvalue weighted by Gasteiger charge is 2.13. The Morgan fingerprint density at radius 1 is 1.18 bits per heavy atom. The van der Waals surface area contributed by atoms with Gasteiger partial charge in [-0.1, -0.05) is 30.7 Å². The fourth-order valence-electron chi connectivity index (χ4n) is 2.93. The van der Waals surface area contributed by atoms with E-state index in [2.05, 4.69) is 0 Å². The van der Waals surface area contributed by atoms with E-state index in [1.54, 1.807) is 42.7 Å². The fraction of sp³-hybridized carbons (Fsp3) is 0.238. The lowest BCUT2D eigenvalue weighted by molar-refractivity contribution is 0.0473. The molecule has 3 aromatic rings. The Kier molecular flexibility index (Phi) is 6.31. The molecule has 2 aromatic carbocycles. The number of ether oxygens (including phenoxy) is 1. The maximum atomic E-state index is 12.4. The second-order valence-corrected chi connectivity index (χ2v) is 8.22. The Bertz CT molecular complexity index is 1120. The topological polar surface area (TPSA) is 73.6 Å². The minimum Gasteiger partial charge on any atom is -0.457 e. The summed E-state index contributed by atoms with van der Waals surface area (Å²) in [5, 5.41) is 1.20. The number of hydrogen-bond acceptors (Lipinski definition) is 5. The quantitative estimate of drug-likeness (QED) is 0.442. The third-order valence-corrected chi connectivity index (χ3v) is 5.36. The van der Waals surface area contributed by atoms with Crippen molar-refractivity contribution in [1.82, 2.24) is 0 Å². The normalized spacial score (nSPS) is 12.1. The summed E-state index contributed by atoms with van der Waals surface area (Å²) in [6.07, 6.45) is 2.31. The molecule has 0 bridgehead atoms. The molecule has 0 N–H and O–H groups in total. The van der Waals surface area contributed by atoms with E-state index < -0.39 is 22.4 Å². The second kappa shape index (κ2) is 8.71. The van der Waals surface area contributed by atoms with Crippen LogP contribution >= 0.6 is 11.6 Å². The molecule has 0 aliphatic carbocycles. The first-order valence-electron chi connectivity index (χ1n) is 8.68. The van der Waals surface area contributed by atoms with Crippen LogP contribution < -0.4 is 5.63 Å². The van der Waals surface area contributed by atoms with Crippen LogP contribution in [0.5, 0.6) is 0 Å². The van der Waals surface area contributed by atoms with Gasteiger partial charge in [0.1, 0.15) is 12.2 Å². The minimum atomic E-state index is -1.00. The molecule has 1 atom stereocenters. The van der Waals surface area contributed by atoms with Crippen molar-refractivity contribution >= 4 is 39.3 Å². The molecule has 0 spiro atoms. The van der Waals surface area contributed by atoms with Crippen LogP contribution in [0.3, 0.4) is 0 Å². The number of benzene rings is 2. The maximum absolute atomic E-state index is 12.4. The summed E-state index contributed by atoms with van der Waals surface area (Å²) in [6, 6.07) is 11.6. The molecule has 0 aliphatic rings. The Hall–Kier alpha value is -2.44. The highest BCUT2D eigenvalue weighted by atomic mass is 35.5. The number of fused-ring (bicyclic) bond motifs is 1. The first-order valence-corrected chi connectivity index (χ1v) is 10.8. The molecule has 0 fully saturated rings. The zero-order valence-corrected chi connectivity index (χ0v) is 17.1.